The molecule has 0 aliphatic carbocycles. The summed E-state index contributed by atoms with van der Waals surface area (Å²) in [4.78, 5) is 10.8. The lowest BCUT2D eigenvalue weighted by Gasteiger charge is -2.14. The number of halogens is 1. The van der Waals surface area contributed by atoms with Gasteiger partial charge in [-0.3, -0.25) is 0 Å². The maximum Gasteiger partial charge on any atom is 0.527 e. The van der Waals surface area contributed by atoms with Gasteiger partial charge in [0.05, 0.1) is 0 Å². The van der Waals surface area contributed by atoms with Crippen LogP contribution in [0.5, 0.6) is 0 Å². The fraction of sp³-hybridized carbons (Fsp3) is 0.300. The second-order valence-electron chi connectivity index (χ2n) is 2.75. The quantitative estimate of drug-likeness (QED) is 0.723. The van der Waals surface area contributed by atoms with E-state index >= 15 is 0 Å². The summed E-state index contributed by atoms with van der Waals surface area (Å²) in [7, 11) is 0. The van der Waals surface area contributed by atoms with Gasteiger partial charge in [0.25, 0.3) is 0 Å². The first-order chi connectivity index (χ1) is 6.77. The van der Waals surface area contributed by atoms with Crippen LogP contribution in [0.25, 0.3) is 0 Å². The Bertz CT molecular complexity index is 287. The average molecular weight is 215 g/mol. The van der Waals surface area contributed by atoms with Gasteiger partial charge in [-0.2, -0.15) is 0 Å². The molecule has 0 aliphatic heterocycles. The van der Waals surface area contributed by atoms with Gasteiger partial charge in [-0.25, -0.2) is 4.79 Å². The number of hydrogen-bond donors (Lipinski definition) is 0. The van der Waals surface area contributed by atoms with Crippen molar-refractivity contribution < 1.29 is 13.8 Å². The van der Waals surface area contributed by atoms with Crippen LogP contribution in [0.2, 0.25) is 0 Å². The molecule has 3 nitrogen and oxygen atoms in total. The largest absolute Gasteiger partial charge is 0.527 e. The second kappa shape index (κ2) is 5.50. The van der Waals surface area contributed by atoms with E-state index in [4.69, 9.17) is 16.6 Å². The maximum absolute atomic E-state index is 10.8. The molecule has 76 valence electrons. The molecule has 1 atom stereocenters. The molecule has 0 radical (unpaired) electrons. The zero-order valence-corrected chi connectivity index (χ0v) is 8.53. The predicted molar refractivity (Wildman–Crippen MR) is 52.9 cm³/mol. The first-order valence-corrected chi connectivity index (χ1v) is 4.63. The van der Waals surface area contributed by atoms with Crippen molar-refractivity contribution in [1.82, 2.24) is 0 Å². The summed E-state index contributed by atoms with van der Waals surface area (Å²) in [5, 5.41) is 0. The summed E-state index contributed by atoms with van der Waals surface area (Å²) >= 11 is 4.87. The molecule has 0 saturated carbocycles. The Morgan fingerprint density at radius 3 is 2.57 bits per heavy atom. The average Bonchev–Trinajstić information content (AvgIpc) is 2.26. The van der Waals surface area contributed by atoms with Crippen molar-refractivity contribution in [3.8, 4) is 0 Å². The third kappa shape index (κ3) is 2.92. The molecule has 0 heterocycles. The van der Waals surface area contributed by atoms with Crippen LogP contribution in [0.15, 0.2) is 30.3 Å². The number of ether oxygens (including phenoxy) is 1. The van der Waals surface area contributed by atoms with Crippen molar-refractivity contribution >= 4 is 18.0 Å². The van der Waals surface area contributed by atoms with Gasteiger partial charge < -0.3 is 9.03 Å². The number of hydrogen-bond acceptors (Lipinski definition) is 3. The minimum Gasteiger partial charge on any atom is -0.425 e. The molecule has 0 aliphatic rings. The zero-order chi connectivity index (χ0) is 10.4. The molecule has 1 rings (SSSR count). The minimum atomic E-state index is -0.873. The maximum atomic E-state index is 10.8. The van der Waals surface area contributed by atoms with E-state index in [-0.39, 0.29) is 6.10 Å². The van der Waals surface area contributed by atoms with Crippen LogP contribution in [-0.4, -0.2) is 6.16 Å². The van der Waals surface area contributed by atoms with Gasteiger partial charge in [-0.15, -0.1) is 0 Å². The van der Waals surface area contributed by atoms with Gasteiger partial charge >= 0.3 is 6.16 Å². The first-order valence-electron chi connectivity index (χ1n) is 4.32. The van der Waals surface area contributed by atoms with E-state index in [0.29, 0.717) is 6.42 Å². The molecule has 0 aromatic heterocycles. The number of carbonyl (C=O) groups is 1. The van der Waals surface area contributed by atoms with E-state index in [1.807, 2.05) is 37.3 Å². The summed E-state index contributed by atoms with van der Waals surface area (Å²) in [6.07, 6.45) is -0.500. The SMILES string of the molecule is CCC(OC(=O)OCl)c1ccccc1. The van der Waals surface area contributed by atoms with Crippen molar-refractivity contribution in [3.05, 3.63) is 35.9 Å². The van der Waals surface area contributed by atoms with Crippen molar-refractivity contribution in [2.45, 2.75) is 19.4 Å². The van der Waals surface area contributed by atoms with Crippen LogP contribution in [0.1, 0.15) is 25.0 Å². The third-order valence-corrected chi connectivity index (χ3v) is 1.97. The summed E-state index contributed by atoms with van der Waals surface area (Å²) < 4.78 is 8.86. The normalized spacial score (nSPS) is 11.9. The van der Waals surface area contributed by atoms with Gasteiger partial charge in [0, 0.05) is 0 Å². The molecule has 4 heteroatoms. The number of carbonyl (C=O) groups excluding carboxylic acids is 1. The topological polar surface area (TPSA) is 35.5 Å². The summed E-state index contributed by atoms with van der Waals surface area (Å²) in [6, 6.07) is 9.43. The Hall–Kier alpha value is -1.22. The minimum absolute atomic E-state index is 0.303. The highest BCUT2D eigenvalue weighted by Crippen LogP contribution is 2.21. The Morgan fingerprint density at radius 1 is 1.43 bits per heavy atom. The smallest absolute Gasteiger partial charge is 0.425 e. The van der Waals surface area contributed by atoms with E-state index in [9.17, 15) is 4.79 Å². The standard InChI is InChI=1S/C10H11ClO3/c1-2-9(13-10(12)14-11)8-6-4-3-5-7-8/h3-7,9H,2H2,1H3. The molecule has 1 unspecified atom stereocenters. The molecule has 0 fully saturated rings. The van der Waals surface area contributed by atoms with Gasteiger partial charge in [0.2, 0.25) is 0 Å². The fourth-order valence-corrected chi connectivity index (χ4v) is 1.23. The van der Waals surface area contributed by atoms with Gasteiger partial charge in [0.1, 0.15) is 18.0 Å². The van der Waals surface area contributed by atoms with Gasteiger partial charge in [-0.1, -0.05) is 37.3 Å². The van der Waals surface area contributed by atoms with Crippen LogP contribution in [0.3, 0.4) is 0 Å². The molecular weight excluding hydrogens is 204 g/mol. The lowest BCUT2D eigenvalue weighted by Crippen LogP contribution is -2.08. The first kappa shape index (κ1) is 10.9. The number of benzene rings is 1. The van der Waals surface area contributed by atoms with Crippen LogP contribution in [0.4, 0.5) is 4.79 Å². The lowest BCUT2D eigenvalue weighted by atomic mass is 10.1. The molecule has 1 aromatic carbocycles. The Kier molecular flexibility index (Phi) is 4.26. The van der Waals surface area contributed by atoms with Crippen LogP contribution >= 0.6 is 11.9 Å². The van der Waals surface area contributed by atoms with Crippen LogP contribution < -0.4 is 0 Å². The third-order valence-electron chi connectivity index (χ3n) is 1.84. The molecule has 0 bridgehead atoms. The van der Waals surface area contributed by atoms with E-state index in [1.54, 1.807) is 0 Å². The molecule has 0 spiro atoms. The summed E-state index contributed by atoms with van der Waals surface area (Å²) in [6.45, 7) is 1.92. The Labute approximate surface area is 87.8 Å². The number of rotatable bonds is 3. The highest BCUT2D eigenvalue weighted by molar-refractivity contribution is 6.12. The molecule has 0 saturated heterocycles. The van der Waals surface area contributed by atoms with Crippen molar-refractivity contribution in [2.75, 3.05) is 0 Å². The van der Waals surface area contributed by atoms with Crippen molar-refractivity contribution in [2.24, 2.45) is 0 Å². The van der Waals surface area contributed by atoms with Crippen molar-refractivity contribution in [1.29, 1.82) is 0 Å². The summed E-state index contributed by atoms with van der Waals surface area (Å²) in [5.74, 6) is 0. The van der Waals surface area contributed by atoms with E-state index in [0.717, 1.165) is 5.56 Å². The Balaban J connectivity index is 2.68. The van der Waals surface area contributed by atoms with Crippen LogP contribution in [0, 0.1) is 0 Å². The van der Waals surface area contributed by atoms with E-state index < -0.39 is 6.16 Å². The molecule has 1 aromatic rings. The monoisotopic (exact) mass is 214 g/mol. The van der Waals surface area contributed by atoms with Gasteiger partial charge in [0.15, 0.2) is 0 Å². The second-order valence-corrected chi connectivity index (χ2v) is 2.91. The Morgan fingerprint density at radius 2 is 2.07 bits per heavy atom. The molecular formula is C10H11ClO3. The predicted octanol–water partition coefficient (Wildman–Crippen LogP) is 3.44. The van der Waals surface area contributed by atoms with Gasteiger partial charge in [-0.05, 0) is 12.0 Å². The highest BCUT2D eigenvalue weighted by Gasteiger charge is 2.14. The van der Waals surface area contributed by atoms with E-state index in [2.05, 4.69) is 4.29 Å². The summed E-state index contributed by atoms with van der Waals surface area (Å²) in [5.41, 5.74) is 0.928. The lowest BCUT2D eigenvalue weighted by molar-refractivity contribution is 0.0588. The van der Waals surface area contributed by atoms with Crippen molar-refractivity contribution in [3.63, 3.8) is 0 Å². The van der Waals surface area contributed by atoms with Crippen LogP contribution in [-0.2, 0) is 9.03 Å². The molecule has 14 heavy (non-hydrogen) atoms. The zero-order valence-electron chi connectivity index (χ0n) is 7.77. The fourth-order valence-electron chi connectivity index (χ4n) is 1.19. The highest BCUT2D eigenvalue weighted by atomic mass is 35.5. The van der Waals surface area contributed by atoms with E-state index in [1.165, 1.54) is 0 Å². The molecule has 0 N–H and O–H groups in total. The molecule has 0 amide bonds.